The lowest BCUT2D eigenvalue weighted by atomic mass is 9.53. The van der Waals surface area contributed by atoms with Crippen LogP contribution in [0.4, 0.5) is 0 Å². The van der Waals surface area contributed by atoms with Crippen LogP contribution in [-0.4, -0.2) is 29.4 Å². The first-order chi connectivity index (χ1) is 9.26. The van der Waals surface area contributed by atoms with E-state index in [9.17, 15) is 0 Å². The fourth-order valence-corrected chi connectivity index (χ4v) is 5.57. The summed E-state index contributed by atoms with van der Waals surface area (Å²) in [6, 6.07) is 2.29. The second-order valence-electron chi connectivity index (χ2n) is 7.35. The third-order valence-electron chi connectivity index (χ3n) is 5.83. The Hall–Kier alpha value is -1.04. The number of aliphatic imine (C=N–C) groups is 1. The molecule has 4 bridgehead atoms. The van der Waals surface area contributed by atoms with Crippen LogP contribution in [0.1, 0.15) is 51.4 Å². The number of rotatable bonds is 2. The van der Waals surface area contributed by atoms with E-state index < -0.39 is 0 Å². The van der Waals surface area contributed by atoms with Gasteiger partial charge in [-0.1, -0.05) is 0 Å². The molecule has 1 heterocycles. The molecule has 4 aliphatic carbocycles. The van der Waals surface area contributed by atoms with E-state index >= 15 is 0 Å². The normalized spacial score (nSPS) is 45.9. The van der Waals surface area contributed by atoms with Gasteiger partial charge in [0.1, 0.15) is 12.4 Å². The molecular formula is C16H23N3. The van der Waals surface area contributed by atoms with Crippen LogP contribution in [0.25, 0.3) is 0 Å². The summed E-state index contributed by atoms with van der Waals surface area (Å²) in [5, 5.41) is 8.93. The monoisotopic (exact) mass is 257 g/mol. The molecule has 0 aromatic carbocycles. The lowest BCUT2D eigenvalue weighted by molar-refractivity contribution is 0.00118. The van der Waals surface area contributed by atoms with Gasteiger partial charge in [-0.25, -0.2) is 0 Å². The molecule has 19 heavy (non-hydrogen) atoms. The van der Waals surface area contributed by atoms with Crippen molar-refractivity contribution in [3.63, 3.8) is 0 Å². The Morgan fingerprint density at radius 2 is 1.79 bits per heavy atom. The minimum absolute atomic E-state index is 0.280. The predicted molar refractivity (Wildman–Crippen MR) is 74.8 cm³/mol. The number of nitrogens with zero attached hydrogens (tertiary/aromatic N) is 3. The van der Waals surface area contributed by atoms with Crippen molar-refractivity contribution >= 4 is 5.84 Å². The maximum absolute atomic E-state index is 8.93. The van der Waals surface area contributed by atoms with Crippen molar-refractivity contribution in [2.75, 3.05) is 13.1 Å². The number of hydrogen-bond acceptors (Lipinski definition) is 2. The molecule has 5 fully saturated rings. The predicted octanol–water partition coefficient (Wildman–Crippen LogP) is 2.97. The minimum Gasteiger partial charge on any atom is -0.347 e. The molecule has 0 unspecified atom stereocenters. The van der Waals surface area contributed by atoms with E-state index in [2.05, 4.69) is 11.0 Å². The SMILES string of the molecule is N#CCN1CCCC1=NC12CC3CC(CC(C3)C1)C2. The first-order valence-corrected chi connectivity index (χ1v) is 7.97. The molecule has 0 atom stereocenters. The first-order valence-electron chi connectivity index (χ1n) is 7.97. The summed E-state index contributed by atoms with van der Waals surface area (Å²) >= 11 is 0. The summed E-state index contributed by atoms with van der Waals surface area (Å²) in [4.78, 5) is 7.48. The van der Waals surface area contributed by atoms with Gasteiger partial charge in [-0.15, -0.1) is 0 Å². The Morgan fingerprint density at radius 3 is 2.37 bits per heavy atom. The van der Waals surface area contributed by atoms with E-state index in [0.29, 0.717) is 6.54 Å². The zero-order chi connectivity index (χ0) is 12.9. The quantitative estimate of drug-likeness (QED) is 0.713. The average Bonchev–Trinajstić information content (AvgIpc) is 2.74. The third-order valence-corrected chi connectivity index (χ3v) is 5.83. The van der Waals surface area contributed by atoms with Gasteiger partial charge in [-0.2, -0.15) is 5.26 Å². The fraction of sp³-hybridized carbons (Fsp3) is 0.875. The standard InChI is InChI=1S/C16H23N3/c17-3-5-19-4-1-2-15(19)18-16-9-12-6-13(10-16)8-14(7-12)11-16/h12-14H,1-2,4-11H2. The zero-order valence-corrected chi connectivity index (χ0v) is 11.6. The molecule has 102 valence electrons. The number of likely N-dealkylation sites (tertiary alicyclic amines) is 1. The highest BCUT2D eigenvalue weighted by atomic mass is 15.2. The second-order valence-corrected chi connectivity index (χ2v) is 7.35. The topological polar surface area (TPSA) is 39.4 Å². The molecule has 1 aliphatic heterocycles. The van der Waals surface area contributed by atoms with Gasteiger partial charge in [0, 0.05) is 13.0 Å². The van der Waals surface area contributed by atoms with Crippen molar-refractivity contribution in [2.45, 2.75) is 56.9 Å². The summed E-state index contributed by atoms with van der Waals surface area (Å²) < 4.78 is 0. The van der Waals surface area contributed by atoms with Gasteiger partial charge < -0.3 is 4.90 Å². The van der Waals surface area contributed by atoms with Gasteiger partial charge in [-0.3, -0.25) is 4.99 Å². The lowest BCUT2D eigenvalue weighted by Crippen LogP contribution is -2.50. The molecule has 5 rings (SSSR count). The fourth-order valence-electron chi connectivity index (χ4n) is 5.57. The maximum Gasteiger partial charge on any atom is 0.106 e. The van der Waals surface area contributed by atoms with Crippen molar-refractivity contribution < 1.29 is 0 Å². The largest absolute Gasteiger partial charge is 0.347 e. The van der Waals surface area contributed by atoms with Crippen LogP contribution in [0.3, 0.4) is 0 Å². The van der Waals surface area contributed by atoms with Crippen LogP contribution in [0, 0.1) is 29.1 Å². The summed E-state index contributed by atoms with van der Waals surface area (Å²) in [6.07, 6.45) is 10.7. The van der Waals surface area contributed by atoms with Crippen LogP contribution in [0.5, 0.6) is 0 Å². The van der Waals surface area contributed by atoms with Crippen molar-refractivity contribution in [1.82, 2.24) is 4.90 Å². The van der Waals surface area contributed by atoms with Gasteiger partial charge >= 0.3 is 0 Å². The molecule has 0 N–H and O–H groups in total. The van der Waals surface area contributed by atoms with Crippen molar-refractivity contribution in [3.8, 4) is 6.07 Å². The zero-order valence-electron chi connectivity index (χ0n) is 11.6. The Bertz CT molecular complexity index is 410. The number of nitriles is 1. The van der Waals surface area contributed by atoms with E-state index in [1.54, 1.807) is 0 Å². The molecule has 4 saturated carbocycles. The van der Waals surface area contributed by atoms with Crippen molar-refractivity contribution in [2.24, 2.45) is 22.7 Å². The Morgan fingerprint density at radius 1 is 1.16 bits per heavy atom. The molecule has 0 amide bonds. The van der Waals surface area contributed by atoms with Crippen molar-refractivity contribution in [1.29, 1.82) is 5.26 Å². The first kappa shape index (κ1) is 11.8. The van der Waals surface area contributed by atoms with Crippen molar-refractivity contribution in [3.05, 3.63) is 0 Å². The van der Waals surface area contributed by atoms with Gasteiger partial charge in [0.15, 0.2) is 0 Å². The van der Waals surface area contributed by atoms with E-state index in [0.717, 1.165) is 30.7 Å². The van der Waals surface area contributed by atoms with E-state index in [1.807, 2.05) is 0 Å². The molecule has 5 aliphatic rings. The minimum atomic E-state index is 0.280. The van der Waals surface area contributed by atoms with Crippen LogP contribution in [0.15, 0.2) is 4.99 Å². The molecule has 0 aromatic rings. The molecule has 3 heteroatoms. The molecule has 3 nitrogen and oxygen atoms in total. The second kappa shape index (κ2) is 4.23. The van der Waals surface area contributed by atoms with Gasteiger partial charge in [0.2, 0.25) is 0 Å². The lowest BCUT2D eigenvalue weighted by Gasteiger charge is -2.55. The van der Waals surface area contributed by atoms with E-state index in [-0.39, 0.29) is 5.54 Å². The highest BCUT2D eigenvalue weighted by molar-refractivity contribution is 5.84. The number of hydrogen-bond donors (Lipinski definition) is 0. The Balaban J connectivity index is 1.60. The number of amidine groups is 1. The van der Waals surface area contributed by atoms with Crippen LogP contribution >= 0.6 is 0 Å². The molecule has 0 radical (unpaired) electrons. The molecule has 0 aromatic heterocycles. The summed E-state index contributed by atoms with van der Waals surface area (Å²) in [5.74, 6) is 4.13. The Labute approximate surface area is 115 Å². The summed E-state index contributed by atoms with van der Waals surface area (Å²) in [5.41, 5.74) is 0.280. The van der Waals surface area contributed by atoms with Gasteiger partial charge in [-0.05, 0) is 62.7 Å². The van der Waals surface area contributed by atoms with Gasteiger partial charge in [0.05, 0.1) is 11.6 Å². The Kier molecular flexibility index (Phi) is 2.62. The molecule has 1 saturated heterocycles. The van der Waals surface area contributed by atoms with Crippen LogP contribution < -0.4 is 0 Å². The average molecular weight is 257 g/mol. The highest BCUT2D eigenvalue weighted by Gasteiger charge is 2.51. The smallest absolute Gasteiger partial charge is 0.106 e. The summed E-state index contributed by atoms with van der Waals surface area (Å²) in [7, 11) is 0. The van der Waals surface area contributed by atoms with Gasteiger partial charge in [0.25, 0.3) is 0 Å². The molecule has 0 spiro atoms. The molecular weight excluding hydrogens is 234 g/mol. The summed E-state index contributed by atoms with van der Waals surface area (Å²) in [6.45, 7) is 1.57. The maximum atomic E-state index is 8.93. The highest BCUT2D eigenvalue weighted by Crippen LogP contribution is 2.57. The van der Waals surface area contributed by atoms with E-state index in [1.165, 1.54) is 50.8 Å². The van der Waals surface area contributed by atoms with Crippen LogP contribution in [-0.2, 0) is 0 Å². The van der Waals surface area contributed by atoms with E-state index in [4.69, 9.17) is 10.3 Å². The third kappa shape index (κ3) is 1.96. The van der Waals surface area contributed by atoms with Crippen LogP contribution in [0.2, 0.25) is 0 Å².